The standard InChI is InChI=1S/C20H38N2/c1-20(2)17-11-10-16(19(20)14-17)15-21-12-13-22-18-8-6-4-3-5-7-9-18/h16-19,21-22H,3-15H2,1-2H3/t16?,17-,19+/m0/s1. The Hall–Kier alpha value is -0.0800. The molecule has 4 fully saturated rings. The molecule has 4 saturated carbocycles. The summed E-state index contributed by atoms with van der Waals surface area (Å²) < 4.78 is 0. The first kappa shape index (κ1) is 16.8. The van der Waals surface area contributed by atoms with Gasteiger partial charge in [-0.1, -0.05) is 46.0 Å². The summed E-state index contributed by atoms with van der Waals surface area (Å²) in [5, 5.41) is 7.55. The first-order chi connectivity index (χ1) is 10.7. The molecule has 1 unspecified atom stereocenters. The Morgan fingerprint density at radius 3 is 2.27 bits per heavy atom. The largest absolute Gasteiger partial charge is 0.315 e. The molecule has 0 aromatic rings. The predicted octanol–water partition coefficient (Wildman–Crippen LogP) is 4.35. The van der Waals surface area contributed by atoms with Crippen LogP contribution in [-0.4, -0.2) is 25.7 Å². The second kappa shape index (κ2) is 7.66. The van der Waals surface area contributed by atoms with Gasteiger partial charge >= 0.3 is 0 Å². The van der Waals surface area contributed by atoms with E-state index in [1.165, 1.54) is 70.8 Å². The average Bonchev–Trinajstić information content (AvgIpc) is 2.48. The zero-order chi connectivity index (χ0) is 15.4. The van der Waals surface area contributed by atoms with Crippen LogP contribution in [-0.2, 0) is 0 Å². The average molecular weight is 307 g/mol. The SMILES string of the molecule is CC1(C)[C@H]2CCC(CNCCNC3CCCCCCC3)[C@H]1C2. The third kappa shape index (κ3) is 3.87. The van der Waals surface area contributed by atoms with Gasteiger partial charge in [0.2, 0.25) is 0 Å². The fourth-order valence-corrected chi connectivity index (χ4v) is 5.52. The van der Waals surface area contributed by atoms with Crippen molar-refractivity contribution in [3.8, 4) is 0 Å². The Balaban J connectivity index is 1.27. The molecule has 128 valence electrons. The molecule has 0 saturated heterocycles. The second-order valence-electron chi connectivity index (χ2n) is 8.90. The van der Waals surface area contributed by atoms with Crippen molar-refractivity contribution in [3.63, 3.8) is 0 Å². The van der Waals surface area contributed by atoms with E-state index in [2.05, 4.69) is 24.5 Å². The van der Waals surface area contributed by atoms with Crippen molar-refractivity contribution in [1.29, 1.82) is 0 Å². The Kier molecular flexibility index (Phi) is 5.84. The molecule has 0 aromatic carbocycles. The Morgan fingerprint density at radius 1 is 0.864 bits per heavy atom. The van der Waals surface area contributed by atoms with E-state index in [9.17, 15) is 0 Å². The van der Waals surface area contributed by atoms with Crippen LogP contribution in [0.3, 0.4) is 0 Å². The number of hydrogen-bond acceptors (Lipinski definition) is 2. The summed E-state index contributed by atoms with van der Waals surface area (Å²) in [7, 11) is 0. The van der Waals surface area contributed by atoms with Crippen molar-refractivity contribution in [1.82, 2.24) is 10.6 Å². The Labute approximate surface area is 138 Å². The molecule has 0 spiro atoms. The molecule has 2 bridgehead atoms. The highest BCUT2D eigenvalue weighted by Crippen LogP contribution is 2.61. The number of rotatable bonds is 6. The van der Waals surface area contributed by atoms with Crippen molar-refractivity contribution in [3.05, 3.63) is 0 Å². The van der Waals surface area contributed by atoms with E-state index in [1.54, 1.807) is 0 Å². The minimum absolute atomic E-state index is 0.641. The van der Waals surface area contributed by atoms with E-state index >= 15 is 0 Å². The van der Waals surface area contributed by atoms with E-state index in [-0.39, 0.29) is 0 Å². The summed E-state index contributed by atoms with van der Waals surface area (Å²) in [6, 6.07) is 0.795. The lowest BCUT2D eigenvalue weighted by Gasteiger charge is -2.60. The van der Waals surface area contributed by atoms with Crippen molar-refractivity contribution < 1.29 is 0 Å². The minimum atomic E-state index is 0.641. The highest BCUT2D eigenvalue weighted by atomic mass is 15.0. The van der Waals surface area contributed by atoms with Crippen LogP contribution in [0.15, 0.2) is 0 Å². The maximum Gasteiger partial charge on any atom is 0.00793 e. The van der Waals surface area contributed by atoms with Crippen LogP contribution < -0.4 is 10.6 Å². The first-order valence-electron chi connectivity index (χ1n) is 10.1. The lowest BCUT2D eigenvalue weighted by molar-refractivity contribution is -0.103. The van der Waals surface area contributed by atoms with Gasteiger partial charge in [-0.2, -0.15) is 0 Å². The van der Waals surface area contributed by atoms with Gasteiger partial charge in [0.25, 0.3) is 0 Å². The molecule has 2 nitrogen and oxygen atoms in total. The monoisotopic (exact) mass is 306 g/mol. The van der Waals surface area contributed by atoms with Crippen molar-refractivity contribution in [2.45, 2.75) is 84.1 Å². The molecule has 22 heavy (non-hydrogen) atoms. The van der Waals surface area contributed by atoms with Crippen LogP contribution in [0.25, 0.3) is 0 Å². The van der Waals surface area contributed by atoms with Crippen LogP contribution >= 0.6 is 0 Å². The molecule has 4 aliphatic rings. The number of hydrogen-bond donors (Lipinski definition) is 2. The van der Waals surface area contributed by atoms with Gasteiger partial charge in [-0.3, -0.25) is 0 Å². The zero-order valence-electron chi connectivity index (χ0n) is 15.0. The molecule has 0 heterocycles. The Morgan fingerprint density at radius 2 is 1.59 bits per heavy atom. The molecule has 0 aromatic heterocycles. The molecule has 2 heteroatoms. The summed E-state index contributed by atoms with van der Waals surface area (Å²) in [5.41, 5.74) is 0.641. The quantitative estimate of drug-likeness (QED) is 0.713. The normalized spacial score (nSPS) is 35.5. The molecule has 0 amide bonds. The van der Waals surface area contributed by atoms with Crippen molar-refractivity contribution in [2.75, 3.05) is 19.6 Å². The van der Waals surface area contributed by atoms with Gasteiger partial charge in [0.1, 0.15) is 0 Å². The molecular weight excluding hydrogens is 268 g/mol. The highest BCUT2D eigenvalue weighted by molar-refractivity contribution is 5.03. The third-order valence-electron chi connectivity index (χ3n) is 7.25. The van der Waals surface area contributed by atoms with Crippen LogP contribution in [0.4, 0.5) is 0 Å². The molecule has 3 atom stereocenters. The van der Waals surface area contributed by atoms with Crippen molar-refractivity contribution >= 4 is 0 Å². The maximum atomic E-state index is 3.80. The van der Waals surface area contributed by atoms with Gasteiger partial charge in [0.05, 0.1) is 0 Å². The zero-order valence-corrected chi connectivity index (χ0v) is 15.0. The van der Waals surface area contributed by atoms with Gasteiger partial charge in [-0.25, -0.2) is 0 Å². The molecule has 2 N–H and O–H groups in total. The summed E-state index contributed by atoms with van der Waals surface area (Å²) in [6.07, 6.45) is 14.5. The second-order valence-corrected chi connectivity index (χ2v) is 8.90. The first-order valence-corrected chi connectivity index (χ1v) is 10.1. The van der Waals surface area contributed by atoms with E-state index in [0.717, 1.165) is 36.9 Å². The third-order valence-corrected chi connectivity index (χ3v) is 7.25. The molecule has 4 rings (SSSR count). The van der Waals surface area contributed by atoms with Gasteiger partial charge in [-0.05, 0) is 61.8 Å². The van der Waals surface area contributed by atoms with Crippen LogP contribution in [0.1, 0.15) is 78.1 Å². The van der Waals surface area contributed by atoms with Crippen LogP contribution in [0.2, 0.25) is 0 Å². The molecule has 4 aliphatic carbocycles. The van der Waals surface area contributed by atoms with E-state index in [0.29, 0.717) is 5.41 Å². The van der Waals surface area contributed by atoms with E-state index in [1.807, 2.05) is 0 Å². The van der Waals surface area contributed by atoms with Gasteiger partial charge < -0.3 is 10.6 Å². The maximum absolute atomic E-state index is 3.80. The Bertz CT molecular complexity index is 329. The van der Waals surface area contributed by atoms with Gasteiger partial charge in [-0.15, -0.1) is 0 Å². The summed E-state index contributed by atoms with van der Waals surface area (Å²) in [5.74, 6) is 2.98. The predicted molar refractivity (Wildman–Crippen MR) is 95.1 cm³/mol. The van der Waals surface area contributed by atoms with Gasteiger partial charge in [0.15, 0.2) is 0 Å². The van der Waals surface area contributed by atoms with Crippen molar-refractivity contribution in [2.24, 2.45) is 23.2 Å². The van der Waals surface area contributed by atoms with E-state index in [4.69, 9.17) is 0 Å². The minimum Gasteiger partial charge on any atom is -0.315 e. The lowest BCUT2D eigenvalue weighted by Crippen LogP contribution is -2.54. The summed E-state index contributed by atoms with van der Waals surface area (Å²) in [4.78, 5) is 0. The number of fused-ring (bicyclic) bond motifs is 2. The molecular formula is C20H38N2. The topological polar surface area (TPSA) is 24.1 Å². The van der Waals surface area contributed by atoms with Crippen LogP contribution in [0, 0.1) is 23.2 Å². The summed E-state index contributed by atoms with van der Waals surface area (Å²) in [6.45, 7) is 8.59. The highest BCUT2D eigenvalue weighted by Gasteiger charge is 2.53. The smallest absolute Gasteiger partial charge is 0.00793 e. The lowest BCUT2D eigenvalue weighted by atomic mass is 9.45. The fraction of sp³-hybridized carbons (Fsp3) is 1.00. The summed E-state index contributed by atoms with van der Waals surface area (Å²) >= 11 is 0. The molecule has 0 radical (unpaired) electrons. The fourth-order valence-electron chi connectivity index (χ4n) is 5.52. The molecule has 0 aliphatic heterocycles. The van der Waals surface area contributed by atoms with Crippen LogP contribution in [0.5, 0.6) is 0 Å². The van der Waals surface area contributed by atoms with Gasteiger partial charge in [0, 0.05) is 19.1 Å². The number of nitrogens with one attached hydrogen (secondary N) is 2. The van der Waals surface area contributed by atoms with E-state index < -0.39 is 0 Å².